The Hall–Kier alpha value is -5.55. The predicted octanol–water partition coefficient (Wildman–Crippen LogP) is 5.24. The monoisotopic (exact) mass is 609 g/mol. The number of carboxylic acids is 1. The van der Waals surface area contributed by atoms with Gasteiger partial charge in [0.15, 0.2) is 5.78 Å². The van der Waals surface area contributed by atoms with Crippen LogP contribution in [0.1, 0.15) is 39.5 Å². The van der Waals surface area contributed by atoms with Gasteiger partial charge in [-0.25, -0.2) is 9.78 Å². The molecule has 11 heteroatoms. The SMILES string of the molecule is COc1cc(CC(=O)N(C)c2ccc(C(CC(=O)O)NCC(=O)c3ccccc3)cn2)ccc1NC(=O)Nc1ccccc1C. The molecule has 232 valence electrons. The molecule has 0 radical (unpaired) electrons. The average molecular weight is 610 g/mol. The molecular weight excluding hydrogens is 574 g/mol. The third-order valence-electron chi connectivity index (χ3n) is 7.14. The number of urea groups is 1. The second-order valence-corrected chi connectivity index (χ2v) is 10.3. The molecule has 0 fully saturated rings. The summed E-state index contributed by atoms with van der Waals surface area (Å²) in [5.74, 6) is -0.667. The third kappa shape index (κ3) is 8.97. The molecule has 0 aliphatic rings. The van der Waals surface area contributed by atoms with Crippen LogP contribution in [0.5, 0.6) is 5.75 Å². The number of amides is 3. The standard InChI is InChI=1S/C34H35N5O6/c1-22-9-7-8-12-26(22)37-34(44)38-27-15-13-23(17-30(27)45-3)18-32(41)39(2)31-16-14-25(20-36-31)28(19-33(42)43)35-21-29(40)24-10-5-4-6-11-24/h4-17,20,28,35H,18-19,21H2,1-3H3,(H,42,43)(H2,37,38,44). The number of Topliss-reactive ketones (excluding diaryl/α,β-unsaturated/α-hetero) is 1. The number of anilines is 3. The highest BCUT2D eigenvalue weighted by Crippen LogP contribution is 2.27. The van der Waals surface area contributed by atoms with Crippen LogP contribution in [0.2, 0.25) is 0 Å². The summed E-state index contributed by atoms with van der Waals surface area (Å²) in [6.45, 7) is 1.85. The highest BCUT2D eigenvalue weighted by Gasteiger charge is 2.20. The van der Waals surface area contributed by atoms with Gasteiger partial charge in [-0.2, -0.15) is 0 Å². The van der Waals surface area contributed by atoms with Crippen LogP contribution >= 0.6 is 0 Å². The van der Waals surface area contributed by atoms with Gasteiger partial charge >= 0.3 is 12.0 Å². The predicted molar refractivity (Wildman–Crippen MR) is 172 cm³/mol. The molecule has 45 heavy (non-hydrogen) atoms. The van der Waals surface area contributed by atoms with Crippen LogP contribution in [0.4, 0.5) is 22.0 Å². The molecule has 3 amide bonds. The van der Waals surface area contributed by atoms with Crippen LogP contribution in [-0.4, -0.2) is 54.5 Å². The molecule has 0 saturated heterocycles. The fourth-order valence-electron chi connectivity index (χ4n) is 4.59. The minimum Gasteiger partial charge on any atom is -0.495 e. The van der Waals surface area contributed by atoms with Gasteiger partial charge in [0.25, 0.3) is 0 Å². The Morgan fingerprint density at radius 3 is 2.29 bits per heavy atom. The maximum atomic E-state index is 13.1. The van der Waals surface area contributed by atoms with Gasteiger partial charge in [0.05, 0.1) is 32.2 Å². The Balaban J connectivity index is 1.38. The normalized spacial score (nSPS) is 11.3. The first-order valence-corrected chi connectivity index (χ1v) is 14.2. The number of methoxy groups -OCH3 is 1. The zero-order chi connectivity index (χ0) is 32.3. The van der Waals surface area contributed by atoms with Crippen molar-refractivity contribution in [2.45, 2.75) is 25.8 Å². The van der Waals surface area contributed by atoms with Gasteiger partial charge in [0.1, 0.15) is 11.6 Å². The number of rotatable bonds is 13. The smallest absolute Gasteiger partial charge is 0.323 e. The molecule has 1 unspecified atom stereocenters. The van der Waals surface area contributed by atoms with Crippen molar-refractivity contribution < 1.29 is 29.0 Å². The summed E-state index contributed by atoms with van der Waals surface area (Å²) in [6.07, 6.45) is 1.28. The van der Waals surface area contributed by atoms with Gasteiger partial charge in [-0.3, -0.25) is 19.3 Å². The van der Waals surface area contributed by atoms with Crippen molar-refractivity contribution in [1.29, 1.82) is 0 Å². The number of aliphatic carboxylic acids is 1. The maximum Gasteiger partial charge on any atom is 0.323 e. The number of carboxylic acid groups (broad SMARTS) is 1. The van der Waals surface area contributed by atoms with E-state index in [0.717, 1.165) is 5.56 Å². The second-order valence-electron chi connectivity index (χ2n) is 10.3. The maximum absolute atomic E-state index is 13.1. The lowest BCUT2D eigenvalue weighted by Crippen LogP contribution is -2.30. The van der Waals surface area contributed by atoms with E-state index < -0.39 is 18.0 Å². The summed E-state index contributed by atoms with van der Waals surface area (Å²) >= 11 is 0. The summed E-state index contributed by atoms with van der Waals surface area (Å²) in [7, 11) is 3.08. The summed E-state index contributed by atoms with van der Waals surface area (Å²) < 4.78 is 5.46. The quantitative estimate of drug-likeness (QED) is 0.150. The van der Waals surface area contributed by atoms with Gasteiger partial charge < -0.3 is 25.8 Å². The van der Waals surface area contributed by atoms with Gasteiger partial charge in [-0.05, 0) is 47.9 Å². The number of ketones is 1. The summed E-state index contributed by atoms with van der Waals surface area (Å²) in [4.78, 5) is 55.5. The van der Waals surface area contributed by atoms with E-state index in [9.17, 15) is 24.3 Å². The van der Waals surface area contributed by atoms with Gasteiger partial charge in [0, 0.05) is 30.5 Å². The van der Waals surface area contributed by atoms with Crippen LogP contribution in [0.15, 0.2) is 91.1 Å². The number of likely N-dealkylation sites (N-methyl/N-ethyl adjacent to an activating group) is 1. The Bertz CT molecular complexity index is 1660. The van der Waals surface area contributed by atoms with Gasteiger partial charge in [-0.15, -0.1) is 0 Å². The number of nitrogens with one attached hydrogen (secondary N) is 3. The number of pyridine rings is 1. The second kappa shape index (κ2) is 15.3. The molecular formula is C34H35N5O6. The van der Waals surface area contributed by atoms with E-state index in [0.29, 0.717) is 39.6 Å². The van der Waals surface area contributed by atoms with E-state index >= 15 is 0 Å². The molecule has 0 saturated carbocycles. The van der Waals surface area contributed by atoms with Crippen LogP contribution in [0.25, 0.3) is 0 Å². The first-order valence-electron chi connectivity index (χ1n) is 14.2. The molecule has 0 spiro atoms. The number of carbonyl (C=O) groups is 4. The molecule has 3 aromatic carbocycles. The minimum absolute atomic E-state index is 0.0385. The van der Waals surface area contributed by atoms with E-state index in [-0.39, 0.29) is 31.1 Å². The molecule has 4 N–H and O–H groups in total. The summed E-state index contributed by atoms with van der Waals surface area (Å²) in [5, 5.41) is 18.0. The summed E-state index contributed by atoms with van der Waals surface area (Å²) in [5.41, 5.74) is 3.82. The van der Waals surface area contributed by atoms with E-state index in [1.165, 1.54) is 18.2 Å². The molecule has 1 heterocycles. The fraction of sp³-hybridized carbons (Fsp3) is 0.206. The van der Waals surface area contributed by atoms with E-state index in [1.807, 2.05) is 31.2 Å². The Labute approximate surface area is 261 Å². The first kappa shape index (κ1) is 32.4. The molecule has 0 aliphatic carbocycles. The number of para-hydroxylation sites is 1. The Morgan fingerprint density at radius 2 is 1.62 bits per heavy atom. The zero-order valence-electron chi connectivity index (χ0n) is 25.2. The molecule has 11 nitrogen and oxygen atoms in total. The van der Waals surface area contributed by atoms with E-state index in [2.05, 4.69) is 20.9 Å². The van der Waals surface area contributed by atoms with Crippen molar-refractivity contribution in [3.05, 3.63) is 113 Å². The molecule has 0 aliphatic heterocycles. The fourth-order valence-corrected chi connectivity index (χ4v) is 4.59. The van der Waals surface area contributed by atoms with Crippen LogP contribution in [-0.2, 0) is 16.0 Å². The molecule has 0 bridgehead atoms. The number of benzene rings is 3. The summed E-state index contributed by atoms with van der Waals surface area (Å²) in [6, 6.07) is 23.5. The van der Waals surface area contributed by atoms with Crippen LogP contribution in [0, 0.1) is 6.92 Å². The third-order valence-corrected chi connectivity index (χ3v) is 7.14. The molecule has 1 aromatic heterocycles. The number of nitrogens with zero attached hydrogens (tertiary/aromatic N) is 2. The average Bonchev–Trinajstić information content (AvgIpc) is 3.04. The lowest BCUT2D eigenvalue weighted by atomic mass is 10.0. The van der Waals surface area contributed by atoms with Crippen molar-refractivity contribution in [3.8, 4) is 5.75 Å². The number of ether oxygens (including phenoxy) is 1. The lowest BCUT2D eigenvalue weighted by molar-refractivity contribution is -0.137. The Morgan fingerprint density at radius 1 is 0.911 bits per heavy atom. The number of carbonyl (C=O) groups excluding carboxylic acids is 3. The highest BCUT2D eigenvalue weighted by molar-refractivity contribution is 6.01. The van der Waals surface area contributed by atoms with E-state index in [1.54, 1.807) is 67.7 Å². The zero-order valence-corrected chi connectivity index (χ0v) is 25.2. The number of hydrogen-bond donors (Lipinski definition) is 4. The minimum atomic E-state index is -1.03. The highest BCUT2D eigenvalue weighted by atomic mass is 16.5. The Kier molecular flexibility index (Phi) is 11.0. The molecule has 1 atom stereocenters. The molecule has 4 aromatic rings. The van der Waals surface area contributed by atoms with Crippen molar-refractivity contribution >= 4 is 40.9 Å². The largest absolute Gasteiger partial charge is 0.495 e. The molecule has 4 rings (SSSR count). The van der Waals surface area contributed by atoms with E-state index in [4.69, 9.17) is 4.74 Å². The van der Waals surface area contributed by atoms with Gasteiger partial charge in [0.2, 0.25) is 5.91 Å². The first-order chi connectivity index (χ1) is 21.6. The van der Waals surface area contributed by atoms with Crippen LogP contribution < -0.4 is 25.6 Å². The van der Waals surface area contributed by atoms with Crippen molar-refractivity contribution in [2.75, 3.05) is 36.2 Å². The number of aromatic nitrogens is 1. The number of hydrogen-bond acceptors (Lipinski definition) is 7. The van der Waals surface area contributed by atoms with Gasteiger partial charge in [-0.1, -0.05) is 60.7 Å². The lowest BCUT2D eigenvalue weighted by Gasteiger charge is -2.20. The van der Waals surface area contributed by atoms with Crippen molar-refractivity contribution in [1.82, 2.24) is 10.3 Å². The van der Waals surface area contributed by atoms with Crippen molar-refractivity contribution in [2.24, 2.45) is 0 Å². The number of aryl methyl sites for hydroxylation is 1. The topological polar surface area (TPSA) is 150 Å². The van der Waals surface area contributed by atoms with Crippen molar-refractivity contribution in [3.63, 3.8) is 0 Å². The van der Waals surface area contributed by atoms with Crippen LogP contribution in [0.3, 0.4) is 0 Å².